The van der Waals surface area contributed by atoms with Crippen LogP contribution in [0.2, 0.25) is 5.02 Å². The van der Waals surface area contributed by atoms with Crippen molar-refractivity contribution in [2.45, 2.75) is 37.1 Å². The van der Waals surface area contributed by atoms with Gasteiger partial charge in [-0.2, -0.15) is 0 Å². The summed E-state index contributed by atoms with van der Waals surface area (Å²) in [5.41, 5.74) is 3.47. The van der Waals surface area contributed by atoms with Crippen molar-refractivity contribution in [3.05, 3.63) is 75.6 Å². The Morgan fingerprint density at radius 3 is 2.88 bits per heavy atom. The minimum absolute atomic E-state index is 0.0526. The Morgan fingerprint density at radius 1 is 1.24 bits per heavy atom. The first-order valence-corrected chi connectivity index (χ1v) is 11.2. The first-order chi connectivity index (χ1) is 16.0. The molecule has 2 aromatic carbocycles. The molecule has 0 saturated carbocycles. The molecular weight excluding hydrogens is 449 g/mol. The monoisotopic (exact) mass is 469 g/mol. The van der Waals surface area contributed by atoms with Gasteiger partial charge in [0.15, 0.2) is 11.5 Å². The van der Waals surface area contributed by atoms with E-state index in [0.29, 0.717) is 11.5 Å². The number of carbonyl (C=O) groups is 1. The Kier molecular flexibility index (Phi) is 4.94. The molecule has 0 amide bonds. The van der Waals surface area contributed by atoms with E-state index >= 15 is 0 Å². The predicted octanol–water partition coefficient (Wildman–Crippen LogP) is 3.81. The summed E-state index contributed by atoms with van der Waals surface area (Å²) in [5.74, 6) is -0.0577. The van der Waals surface area contributed by atoms with E-state index in [1.807, 2.05) is 18.2 Å². The molecule has 3 aliphatic heterocycles. The smallest absolute Gasteiger partial charge is 0.331 e. The predicted molar refractivity (Wildman–Crippen MR) is 119 cm³/mol. The lowest BCUT2D eigenvalue weighted by Gasteiger charge is -2.45. The molecule has 3 heterocycles. The summed E-state index contributed by atoms with van der Waals surface area (Å²) in [7, 11) is 0. The molecule has 1 saturated heterocycles. The van der Waals surface area contributed by atoms with Gasteiger partial charge in [-0.1, -0.05) is 29.3 Å². The van der Waals surface area contributed by atoms with Gasteiger partial charge < -0.3 is 19.3 Å². The highest BCUT2D eigenvalue weighted by Gasteiger charge is 2.50. The largest absolute Gasteiger partial charge is 0.455 e. The van der Waals surface area contributed by atoms with Crippen molar-refractivity contribution in [1.29, 1.82) is 0 Å². The number of ether oxygens (including phenoxy) is 3. The number of benzene rings is 2. The summed E-state index contributed by atoms with van der Waals surface area (Å²) in [6.45, 7) is 1.81. The zero-order valence-electron chi connectivity index (χ0n) is 17.5. The maximum absolute atomic E-state index is 14.0. The maximum Gasteiger partial charge on any atom is 0.331 e. The third-order valence-corrected chi connectivity index (χ3v) is 7.09. The molecule has 6 nitrogen and oxygen atoms in total. The lowest BCUT2D eigenvalue weighted by molar-refractivity contribution is -0.150. The van der Waals surface area contributed by atoms with Crippen molar-refractivity contribution in [2.75, 3.05) is 13.3 Å². The molecule has 0 aromatic heterocycles. The lowest BCUT2D eigenvalue weighted by Crippen LogP contribution is -2.51. The Bertz CT molecular complexity index is 1210. The zero-order valence-corrected chi connectivity index (χ0v) is 18.3. The maximum atomic E-state index is 14.0. The molecule has 0 bridgehead atoms. The first kappa shape index (κ1) is 20.7. The number of esters is 1. The zero-order chi connectivity index (χ0) is 22.7. The number of fused-ring (bicyclic) bond motifs is 3. The van der Waals surface area contributed by atoms with Gasteiger partial charge in [0.1, 0.15) is 18.0 Å². The molecule has 33 heavy (non-hydrogen) atoms. The van der Waals surface area contributed by atoms with E-state index in [2.05, 4.69) is 4.90 Å². The second kappa shape index (κ2) is 7.87. The molecule has 1 aliphatic carbocycles. The van der Waals surface area contributed by atoms with Crippen molar-refractivity contribution in [3.8, 4) is 11.5 Å². The van der Waals surface area contributed by atoms with Gasteiger partial charge in [0.2, 0.25) is 6.79 Å². The highest BCUT2D eigenvalue weighted by atomic mass is 35.5. The second-order valence-electron chi connectivity index (χ2n) is 8.73. The van der Waals surface area contributed by atoms with Crippen molar-refractivity contribution in [2.24, 2.45) is 0 Å². The van der Waals surface area contributed by atoms with Gasteiger partial charge in [0.25, 0.3) is 0 Å². The molecule has 2 unspecified atom stereocenters. The third-order valence-electron chi connectivity index (χ3n) is 6.86. The molecule has 1 fully saturated rings. The van der Waals surface area contributed by atoms with Crippen LogP contribution < -0.4 is 9.47 Å². The number of halogens is 2. The Labute approximate surface area is 194 Å². The van der Waals surface area contributed by atoms with Crippen LogP contribution in [-0.2, 0) is 16.1 Å². The number of nitrogens with zero attached hydrogens (tertiary/aromatic N) is 1. The fourth-order valence-corrected chi connectivity index (χ4v) is 5.60. The molecule has 1 N–H and O–H groups in total. The average molecular weight is 470 g/mol. The molecular formula is C25H21ClFNO5. The fraction of sp³-hybridized carbons (Fsp3) is 0.320. The van der Waals surface area contributed by atoms with Crippen molar-refractivity contribution < 1.29 is 28.5 Å². The molecule has 8 heteroatoms. The number of hydrogen-bond acceptors (Lipinski definition) is 6. The van der Waals surface area contributed by atoms with Crippen LogP contribution in [0.25, 0.3) is 6.08 Å². The van der Waals surface area contributed by atoms with Gasteiger partial charge in [0, 0.05) is 41.7 Å². The van der Waals surface area contributed by atoms with Gasteiger partial charge in [-0.05, 0) is 47.9 Å². The summed E-state index contributed by atoms with van der Waals surface area (Å²) in [6.07, 6.45) is 3.48. The minimum Gasteiger partial charge on any atom is -0.455 e. The van der Waals surface area contributed by atoms with E-state index < -0.39 is 24.0 Å². The van der Waals surface area contributed by atoms with E-state index in [1.165, 1.54) is 29.9 Å². The van der Waals surface area contributed by atoms with Crippen LogP contribution in [0.3, 0.4) is 0 Å². The lowest BCUT2D eigenvalue weighted by atomic mass is 9.73. The molecule has 4 aliphatic rings. The van der Waals surface area contributed by atoms with Gasteiger partial charge in [-0.25, -0.2) is 9.18 Å². The van der Waals surface area contributed by atoms with Crippen molar-refractivity contribution >= 4 is 23.6 Å². The number of hydrogen-bond donors (Lipinski definition) is 1. The number of aliphatic hydroxyl groups excluding tert-OH is 1. The van der Waals surface area contributed by atoms with Gasteiger partial charge in [-0.3, -0.25) is 4.90 Å². The summed E-state index contributed by atoms with van der Waals surface area (Å²) in [4.78, 5) is 15.1. The van der Waals surface area contributed by atoms with E-state index in [0.717, 1.165) is 30.6 Å². The van der Waals surface area contributed by atoms with Gasteiger partial charge in [-0.15, -0.1) is 0 Å². The van der Waals surface area contributed by atoms with Crippen LogP contribution >= 0.6 is 11.6 Å². The SMILES string of the molecule is O=C(/C=C/c1ccc(Cl)cc1F)O[C@H]1C2c3cc4c(cc3CN3CCC(=C[C@@H]1O)C23)OCO4. The number of rotatable bonds is 3. The minimum atomic E-state index is -0.942. The van der Waals surface area contributed by atoms with Crippen LogP contribution in [0.15, 0.2) is 48.1 Å². The molecule has 2 aromatic rings. The van der Waals surface area contributed by atoms with Crippen molar-refractivity contribution in [3.63, 3.8) is 0 Å². The highest BCUT2D eigenvalue weighted by molar-refractivity contribution is 6.30. The Hall–Kier alpha value is -2.87. The van der Waals surface area contributed by atoms with Crippen LogP contribution in [0.5, 0.6) is 11.5 Å². The molecule has 6 rings (SSSR count). The van der Waals surface area contributed by atoms with Crippen LogP contribution in [0.4, 0.5) is 4.39 Å². The summed E-state index contributed by atoms with van der Waals surface area (Å²) >= 11 is 5.78. The summed E-state index contributed by atoms with van der Waals surface area (Å²) in [6, 6.07) is 8.21. The second-order valence-corrected chi connectivity index (χ2v) is 9.16. The molecule has 170 valence electrons. The Balaban J connectivity index is 1.32. The standard InChI is InChI=1S/C25H21ClFNO5/c26-16-3-1-13(18(27)9-16)2-4-22(30)33-25-19(29)7-14-5-6-28-11-15-8-20-21(32-12-31-20)10-17(15)23(25)24(14)28/h1-4,7-10,19,23-25,29H,5-6,11-12H2/b4-2+/t19-,23?,24?,25+/m0/s1. The highest BCUT2D eigenvalue weighted by Crippen LogP contribution is 2.50. The Morgan fingerprint density at radius 2 is 2.06 bits per heavy atom. The third kappa shape index (κ3) is 3.51. The number of carbonyl (C=O) groups excluding carboxylic acids is 1. The van der Waals surface area contributed by atoms with Gasteiger partial charge >= 0.3 is 5.97 Å². The van der Waals surface area contributed by atoms with E-state index in [1.54, 1.807) is 6.07 Å². The molecule has 0 spiro atoms. The molecule has 4 atom stereocenters. The van der Waals surface area contributed by atoms with Crippen LogP contribution in [0.1, 0.15) is 29.0 Å². The van der Waals surface area contributed by atoms with E-state index in [-0.39, 0.29) is 29.3 Å². The van der Waals surface area contributed by atoms with E-state index in [4.69, 9.17) is 25.8 Å². The normalized spacial score (nSPS) is 27.3. The average Bonchev–Trinajstić information content (AvgIpc) is 3.40. The van der Waals surface area contributed by atoms with Gasteiger partial charge in [0.05, 0.1) is 0 Å². The molecule has 0 radical (unpaired) electrons. The quantitative estimate of drug-likeness (QED) is 0.419. The fourth-order valence-electron chi connectivity index (χ4n) is 5.44. The summed E-state index contributed by atoms with van der Waals surface area (Å²) in [5, 5.41) is 11.2. The van der Waals surface area contributed by atoms with Crippen LogP contribution in [-0.4, -0.2) is 47.6 Å². The summed E-state index contributed by atoms with van der Waals surface area (Å²) < 4.78 is 31.0. The van der Waals surface area contributed by atoms with Crippen molar-refractivity contribution in [1.82, 2.24) is 4.90 Å². The van der Waals surface area contributed by atoms with Crippen LogP contribution in [0, 0.1) is 5.82 Å². The topological polar surface area (TPSA) is 68.2 Å². The van der Waals surface area contributed by atoms with E-state index in [9.17, 15) is 14.3 Å². The first-order valence-electron chi connectivity index (χ1n) is 10.9. The number of aliphatic hydroxyl groups is 1.